The average molecular weight is 221 g/mol. The molecule has 3 heteroatoms. The summed E-state index contributed by atoms with van der Waals surface area (Å²) in [6, 6.07) is 7.86. The van der Waals surface area contributed by atoms with E-state index in [4.69, 9.17) is 4.74 Å². The number of nitrogens with zero attached hydrogens (tertiary/aromatic N) is 1. The lowest BCUT2D eigenvalue weighted by Gasteiger charge is -2.06. The smallest absolute Gasteiger partial charge is 0.119 e. The van der Waals surface area contributed by atoms with E-state index < -0.39 is 0 Å². The number of thioether (sulfide) groups is 1. The van der Waals surface area contributed by atoms with Crippen molar-refractivity contribution in [1.82, 2.24) is 0 Å². The van der Waals surface area contributed by atoms with Crippen LogP contribution >= 0.6 is 11.8 Å². The van der Waals surface area contributed by atoms with Gasteiger partial charge in [0.15, 0.2) is 0 Å². The van der Waals surface area contributed by atoms with Crippen LogP contribution in [0.15, 0.2) is 40.7 Å². The molecular formula is C12H15NOS. The topological polar surface area (TPSA) is 21.6 Å². The molecule has 1 rings (SSSR count). The first-order valence-corrected chi connectivity index (χ1v) is 5.43. The highest BCUT2D eigenvalue weighted by Crippen LogP contribution is 2.22. The number of benzene rings is 1. The first-order valence-electron chi connectivity index (χ1n) is 4.62. The number of rotatable bonds is 3. The Morgan fingerprint density at radius 1 is 1.47 bits per heavy atom. The third kappa shape index (κ3) is 3.44. The molecule has 0 heterocycles. The summed E-state index contributed by atoms with van der Waals surface area (Å²) in [4.78, 5) is 5.26. The molecule has 0 bridgehead atoms. The van der Waals surface area contributed by atoms with Crippen molar-refractivity contribution >= 4 is 16.8 Å². The summed E-state index contributed by atoms with van der Waals surface area (Å²) in [6.07, 6.45) is 0. The maximum Gasteiger partial charge on any atom is 0.119 e. The Balaban J connectivity index is 2.97. The van der Waals surface area contributed by atoms with Crippen molar-refractivity contribution in [2.45, 2.75) is 6.92 Å². The van der Waals surface area contributed by atoms with Crippen LogP contribution in [0, 0.1) is 0 Å². The Hall–Kier alpha value is -1.22. The van der Waals surface area contributed by atoms with Gasteiger partial charge in [-0.3, -0.25) is 4.99 Å². The van der Waals surface area contributed by atoms with Crippen LogP contribution in [0.4, 0.5) is 0 Å². The molecule has 0 fully saturated rings. The van der Waals surface area contributed by atoms with Gasteiger partial charge in [-0.25, -0.2) is 0 Å². The fourth-order valence-electron chi connectivity index (χ4n) is 1.15. The van der Waals surface area contributed by atoms with E-state index in [1.807, 2.05) is 31.2 Å². The van der Waals surface area contributed by atoms with Crippen molar-refractivity contribution in [2.24, 2.45) is 4.99 Å². The number of allylic oxidation sites excluding steroid dienone is 1. The molecule has 0 N–H and O–H groups in total. The minimum absolute atomic E-state index is 0.843. The van der Waals surface area contributed by atoms with Crippen LogP contribution in [0.2, 0.25) is 0 Å². The summed E-state index contributed by atoms with van der Waals surface area (Å²) in [5.41, 5.74) is 1.06. The van der Waals surface area contributed by atoms with Crippen LogP contribution in [-0.4, -0.2) is 19.2 Å². The fourth-order valence-corrected chi connectivity index (χ4v) is 1.82. The van der Waals surface area contributed by atoms with Gasteiger partial charge < -0.3 is 4.74 Å². The van der Waals surface area contributed by atoms with Crippen LogP contribution in [-0.2, 0) is 0 Å². The Morgan fingerprint density at radius 3 is 2.73 bits per heavy atom. The summed E-state index contributed by atoms with van der Waals surface area (Å²) >= 11 is 1.57. The standard InChI is InChI=1S/C12H15NOS/c1-9(2)15-12(13-3)10-6-5-7-11(8-10)14-4/h5-8H,1H2,2-4H3. The molecule has 0 atom stereocenters. The normalized spacial score (nSPS) is 11.3. The maximum absolute atomic E-state index is 5.17. The molecule has 0 unspecified atom stereocenters. The Labute approximate surface area is 95.1 Å². The van der Waals surface area contributed by atoms with Crippen molar-refractivity contribution in [3.8, 4) is 5.75 Å². The van der Waals surface area contributed by atoms with Gasteiger partial charge in [-0.2, -0.15) is 0 Å². The summed E-state index contributed by atoms with van der Waals surface area (Å²) in [5, 5.41) is 0.960. The molecule has 0 aliphatic carbocycles. The molecule has 0 radical (unpaired) electrons. The molecule has 80 valence electrons. The van der Waals surface area contributed by atoms with Gasteiger partial charge in [0.25, 0.3) is 0 Å². The van der Waals surface area contributed by atoms with E-state index in [1.165, 1.54) is 0 Å². The molecule has 0 saturated carbocycles. The van der Waals surface area contributed by atoms with E-state index in [-0.39, 0.29) is 0 Å². The highest BCUT2D eigenvalue weighted by atomic mass is 32.2. The van der Waals surface area contributed by atoms with Gasteiger partial charge in [-0.1, -0.05) is 30.5 Å². The second-order valence-corrected chi connectivity index (χ2v) is 4.35. The number of aliphatic imine (C=N–C) groups is 1. The van der Waals surface area contributed by atoms with Crippen LogP contribution < -0.4 is 4.74 Å². The number of hydrogen-bond donors (Lipinski definition) is 0. The summed E-state index contributed by atoms with van der Waals surface area (Å²) in [6.45, 7) is 5.83. The van der Waals surface area contributed by atoms with Crippen molar-refractivity contribution in [2.75, 3.05) is 14.2 Å². The average Bonchev–Trinajstić information content (AvgIpc) is 2.25. The second kappa shape index (κ2) is 5.61. The molecule has 0 amide bonds. The van der Waals surface area contributed by atoms with E-state index in [2.05, 4.69) is 11.6 Å². The van der Waals surface area contributed by atoms with Crippen LogP contribution in [0.5, 0.6) is 5.75 Å². The molecule has 1 aromatic rings. The first kappa shape index (κ1) is 11.9. The van der Waals surface area contributed by atoms with Crippen molar-refractivity contribution in [1.29, 1.82) is 0 Å². The van der Waals surface area contributed by atoms with E-state index >= 15 is 0 Å². The lowest BCUT2D eigenvalue weighted by Crippen LogP contribution is -1.96. The zero-order chi connectivity index (χ0) is 11.3. The molecule has 2 nitrogen and oxygen atoms in total. The molecule has 0 aliphatic rings. The van der Waals surface area contributed by atoms with Crippen molar-refractivity contribution < 1.29 is 4.74 Å². The molecule has 0 aromatic heterocycles. The van der Waals surface area contributed by atoms with Gasteiger partial charge in [0.2, 0.25) is 0 Å². The van der Waals surface area contributed by atoms with E-state index in [0.29, 0.717) is 0 Å². The summed E-state index contributed by atoms with van der Waals surface area (Å²) in [5.74, 6) is 0.843. The molecular weight excluding hydrogens is 206 g/mol. The largest absolute Gasteiger partial charge is 0.497 e. The minimum atomic E-state index is 0.843. The van der Waals surface area contributed by atoms with Gasteiger partial charge in [0, 0.05) is 12.6 Å². The monoisotopic (exact) mass is 221 g/mol. The van der Waals surface area contributed by atoms with Gasteiger partial charge >= 0.3 is 0 Å². The lowest BCUT2D eigenvalue weighted by atomic mass is 10.2. The van der Waals surface area contributed by atoms with Gasteiger partial charge in [-0.15, -0.1) is 0 Å². The third-order valence-electron chi connectivity index (χ3n) is 1.79. The molecule has 0 spiro atoms. The van der Waals surface area contributed by atoms with Crippen LogP contribution in [0.3, 0.4) is 0 Å². The Bertz CT molecular complexity index is 385. The maximum atomic E-state index is 5.17. The lowest BCUT2D eigenvalue weighted by molar-refractivity contribution is 0.414. The summed E-state index contributed by atoms with van der Waals surface area (Å²) < 4.78 is 5.17. The Kier molecular flexibility index (Phi) is 4.43. The predicted octanol–water partition coefficient (Wildman–Crippen LogP) is 3.34. The number of hydrogen-bond acceptors (Lipinski definition) is 3. The molecule has 15 heavy (non-hydrogen) atoms. The van der Waals surface area contributed by atoms with Crippen LogP contribution in [0.1, 0.15) is 12.5 Å². The molecule has 0 aliphatic heterocycles. The van der Waals surface area contributed by atoms with Crippen molar-refractivity contribution in [3.63, 3.8) is 0 Å². The van der Waals surface area contributed by atoms with Gasteiger partial charge in [-0.05, 0) is 24.0 Å². The highest BCUT2D eigenvalue weighted by Gasteiger charge is 2.04. The van der Waals surface area contributed by atoms with E-state index in [1.54, 1.807) is 25.9 Å². The molecule has 0 saturated heterocycles. The van der Waals surface area contributed by atoms with Gasteiger partial charge in [0.1, 0.15) is 10.8 Å². The Morgan fingerprint density at radius 2 is 2.20 bits per heavy atom. The minimum Gasteiger partial charge on any atom is -0.497 e. The zero-order valence-electron chi connectivity index (χ0n) is 9.28. The second-order valence-electron chi connectivity index (χ2n) is 3.06. The van der Waals surface area contributed by atoms with Gasteiger partial charge in [0.05, 0.1) is 7.11 Å². The van der Waals surface area contributed by atoms with E-state index in [9.17, 15) is 0 Å². The van der Waals surface area contributed by atoms with Crippen LogP contribution in [0.25, 0.3) is 0 Å². The molecule has 1 aromatic carbocycles. The highest BCUT2D eigenvalue weighted by molar-refractivity contribution is 8.17. The SMILES string of the molecule is C=C(C)SC(=NC)c1cccc(OC)c1. The van der Waals surface area contributed by atoms with Crippen molar-refractivity contribution in [3.05, 3.63) is 41.3 Å². The third-order valence-corrected chi connectivity index (χ3v) is 2.75. The quantitative estimate of drug-likeness (QED) is 0.576. The zero-order valence-corrected chi connectivity index (χ0v) is 10.1. The number of ether oxygens (including phenoxy) is 1. The van der Waals surface area contributed by atoms with E-state index in [0.717, 1.165) is 21.3 Å². The predicted molar refractivity (Wildman–Crippen MR) is 67.9 cm³/mol. The number of methoxy groups -OCH3 is 1. The fraction of sp³-hybridized carbons (Fsp3) is 0.250. The first-order chi connectivity index (χ1) is 7.17. The summed E-state index contributed by atoms with van der Waals surface area (Å²) in [7, 11) is 3.44.